The van der Waals surface area contributed by atoms with E-state index in [9.17, 15) is 9.59 Å². The molecule has 0 aliphatic heterocycles. The van der Waals surface area contributed by atoms with E-state index in [1.807, 2.05) is 66.7 Å². The van der Waals surface area contributed by atoms with Crippen LogP contribution in [0.2, 0.25) is 5.02 Å². The van der Waals surface area contributed by atoms with E-state index in [4.69, 9.17) is 21.1 Å². The summed E-state index contributed by atoms with van der Waals surface area (Å²) in [4.78, 5) is 28.9. The lowest BCUT2D eigenvalue weighted by Crippen LogP contribution is -2.45. The van der Waals surface area contributed by atoms with E-state index >= 15 is 0 Å². The second-order valence-electron chi connectivity index (χ2n) is 8.90. The predicted molar refractivity (Wildman–Crippen MR) is 140 cm³/mol. The number of hydrogen-bond donors (Lipinski definition) is 1. The first kappa shape index (κ1) is 25.6. The van der Waals surface area contributed by atoms with Gasteiger partial charge in [0.25, 0.3) is 0 Å². The number of carbonyl (C=O) groups is 2. The highest BCUT2D eigenvalue weighted by Crippen LogP contribution is 2.36. The van der Waals surface area contributed by atoms with Gasteiger partial charge < -0.3 is 19.7 Å². The highest BCUT2D eigenvalue weighted by Gasteiger charge is 2.41. The second-order valence-corrected chi connectivity index (χ2v) is 9.34. The zero-order chi connectivity index (χ0) is 25.5. The van der Waals surface area contributed by atoms with Gasteiger partial charge in [0.1, 0.15) is 17.5 Å². The van der Waals surface area contributed by atoms with E-state index in [-0.39, 0.29) is 17.9 Å². The van der Waals surface area contributed by atoms with Crippen LogP contribution in [0.3, 0.4) is 0 Å². The van der Waals surface area contributed by atoms with Gasteiger partial charge in [0.15, 0.2) is 0 Å². The summed E-state index contributed by atoms with van der Waals surface area (Å²) < 4.78 is 10.5. The Labute approximate surface area is 217 Å². The Balaban J connectivity index is 1.54. The Morgan fingerprint density at radius 1 is 0.944 bits per heavy atom. The Morgan fingerprint density at radius 3 is 2.17 bits per heavy atom. The zero-order valence-corrected chi connectivity index (χ0v) is 21.3. The third-order valence-corrected chi connectivity index (χ3v) is 6.56. The van der Waals surface area contributed by atoms with Gasteiger partial charge in [-0.1, -0.05) is 48.0 Å². The van der Waals surface area contributed by atoms with Crippen molar-refractivity contribution in [2.24, 2.45) is 0 Å². The number of methoxy groups -OCH3 is 2. The van der Waals surface area contributed by atoms with Crippen LogP contribution in [0.1, 0.15) is 42.0 Å². The second kappa shape index (κ2) is 12.0. The molecule has 1 unspecified atom stereocenters. The molecule has 0 aromatic heterocycles. The molecular weight excluding hydrogens is 476 g/mol. The number of ether oxygens (including phenoxy) is 2. The number of hydrogen-bond acceptors (Lipinski definition) is 4. The van der Waals surface area contributed by atoms with Gasteiger partial charge in [0, 0.05) is 24.0 Å². The highest BCUT2D eigenvalue weighted by molar-refractivity contribution is 6.30. The van der Waals surface area contributed by atoms with Gasteiger partial charge in [0.2, 0.25) is 11.8 Å². The van der Waals surface area contributed by atoms with E-state index in [2.05, 4.69) is 5.32 Å². The molecule has 4 rings (SSSR count). The van der Waals surface area contributed by atoms with Crippen LogP contribution in [0.15, 0.2) is 72.8 Å². The monoisotopic (exact) mass is 506 g/mol. The topological polar surface area (TPSA) is 67.9 Å². The smallest absolute Gasteiger partial charge is 0.247 e. The quantitative estimate of drug-likeness (QED) is 0.381. The minimum atomic E-state index is -0.731. The molecule has 188 valence electrons. The van der Waals surface area contributed by atoms with Crippen molar-refractivity contribution in [3.05, 3.63) is 94.5 Å². The molecule has 3 aromatic carbocycles. The summed E-state index contributed by atoms with van der Waals surface area (Å²) in [6.07, 6.45) is 2.69. The van der Waals surface area contributed by atoms with Crippen molar-refractivity contribution >= 4 is 23.4 Å². The largest absolute Gasteiger partial charge is 0.497 e. The third-order valence-electron chi connectivity index (χ3n) is 6.33. The average Bonchev–Trinajstić information content (AvgIpc) is 3.74. The van der Waals surface area contributed by atoms with Gasteiger partial charge in [-0.15, -0.1) is 0 Å². The Bertz CT molecular complexity index is 1180. The van der Waals surface area contributed by atoms with E-state index < -0.39 is 6.04 Å². The lowest BCUT2D eigenvalue weighted by molar-refractivity contribution is -0.141. The van der Waals surface area contributed by atoms with Crippen molar-refractivity contribution in [3.8, 4) is 11.5 Å². The molecular formula is C29H31ClN2O4. The lowest BCUT2D eigenvalue weighted by Gasteiger charge is -2.32. The third kappa shape index (κ3) is 6.58. The number of benzene rings is 3. The summed E-state index contributed by atoms with van der Waals surface area (Å²) in [5.74, 6) is 1.22. The first-order valence-electron chi connectivity index (χ1n) is 12.1. The molecule has 36 heavy (non-hydrogen) atoms. The molecule has 1 aliphatic carbocycles. The van der Waals surface area contributed by atoms with E-state index in [1.165, 1.54) is 0 Å². The normalized spacial score (nSPS) is 13.5. The minimum absolute atomic E-state index is 0.0351. The standard InChI is InChI=1S/C29H31ClN2O4/c1-35-25-13-6-20(7-14-25)8-17-27(33)32(24-11-12-24)28(22-9-15-26(36-2)16-10-22)29(34)31-19-21-4-3-5-23(30)18-21/h3-7,9-10,13-16,18,24,28H,8,11-12,17,19H2,1-2H3,(H,31,34). The van der Waals surface area contributed by atoms with Crippen molar-refractivity contribution in [3.63, 3.8) is 0 Å². The van der Waals surface area contributed by atoms with Crippen LogP contribution in [-0.2, 0) is 22.6 Å². The SMILES string of the molecule is COc1ccc(CCC(=O)N(C2CC2)C(C(=O)NCc2cccc(Cl)c2)c2ccc(OC)cc2)cc1. The molecule has 0 spiro atoms. The number of amides is 2. The molecule has 1 aliphatic rings. The van der Waals surface area contributed by atoms with Gasteiger partial charge in [-0.2, -0.15) is 0 Å². The summed E-state index contributed by atoms with van der Waals surface area (Å²) in [6.45, 7) is 0.324. The van der Waals surface area contributed by atoms with E-state index in [0.29, 0.717) is 30.2 Å². The van der Waals surface area contributed by atoms with Gasteiger partial charge in [-0.25, -0.2) is 0 Å². The van der Waals surface area contributed by atoms with Gasteiger partial charge in [0.05, 0.1) is 14.2 Å². The number of halogens is 1. The van der Waals surface area contributed by atoms with Crippen molar-refractivity contribution in [1.82, 2.24) is 10.2 Å². The summed E-state index contributed by atoms with van der Waals surface area (Å²) in [7, 11) is 3.23. The number of nitrogens with zero attached hydrogens (tertiary/aromatic N) is 1. The number of nitrogens with one attached hydrogen (secondary N) is 1. The van der Waals surface area contributed by atoms with Crippen molar-refractivity contribution in [2.45, 2.75) is 44.3 Å². The van der Waals surface area contributed by atoms with Gasteiger partial charge in [-0.05, 0) is 72.4 Å². The molecule has 6 nitrogen and oxygen atoms in total. The molecule has 7 heteroatoms. The summed E-state index contributed by atoms with van der Waals surface area (Å²) in [5, 5.41) is 3.63. The first-order valence-corrected chi connectivity index (χ1v) is 12.5. The fourth-order valence-corrected chi connectivity index (χ4v) is 4.45. The van der Waals surface area contributed by atoms with Crippen LogP contribution in [0.25, 0.3) is 0 Å². The van der Waals surface area contributed by atoms with Crippen LogP contribution >= 0.6 is 11.6 Å². The summed E-state index contributed by atoms with van der Waals surface area (Å²) >= 11 is 6.11. The van der Waals surface area contributed by atoms with E-state index in [0.717, 1.165) is 35.3 Å². The summed E-state index contributed by atoms with van der Waals surface area (Å²) in [5.41, 5.74) is 2.70. The molecule has 0 bridgehead atoms. The van der Waals surface area contributed by atoms with E-state index in [1.54, 1.807) is 25.2 Å². The fourth-order valence-electron chi connectivity index (χ4n) is 4.24. The molecule has 0 heterocycles. The minimum Gasteiger partial charge on any atom is -0.497 e. The maximum Gasteiger partial charge on any atom is 0.247 e. The first-order chi connectivity index (χ1) is 17.5. The van der Waals surface area contributed by atoms with Gasteiger partial charge in [-0.3, -0.25) is 9.59 Å². The number of carbonyl (C=O) groups excluding carboxylic acids is 2. The van der Waals surface area contributed by atoms with Crippen LogP contribution in [0.4, 0.5) is 0 Å². The molecule has 1 fully saturated rings. The van der Waals surface area contributed by atoms with Crippen molar-refractivity contribution < 1.29 is 19.1 Å². The predicted octanol–water partition coefficient (Wildman–Crippen LogP) is 5.34. The average molecular weight is 507 g/mol. The number of aryl methyl sites for hydroxylation is 1. The number of rotatable bonds is 11. The molecule has 0 saturated heterocycles. The maximum atomic E-state index is 13.6. The zero-order valence-electron chi connectivity index (χ0n) is 20.6. The lowest BCUT2D eigenvalue weighted by atomic mass is 10.0. The molecule has 1 atom stereocenters. The van der Waals surface area contributed by atoms with Crippen LogP contribution < -0.4 is 14.8 Å². The molecule has 2 amide bonds. The Morgan fingerprint density at radius 2 is 1.58 bits per heavy atom. The maximum absolute atomic E-state index is 13.6. The van der Waals surface area contributed by atoms with Crippen LogP contribution in [-0.4, -0.2) is 37.0 Å². The highest BCUT2D eigenvalue weighted by atomic mass is 35.5. The van der Waals surface area contributed by atoms with Crippen molar-refractivity contribution in [1.29, 1.82) is 0 Å². The molecule has 1 N–H and O–H groups in total. The molecule has 0 radical (unpaired) electrons. The molecule has 3 aromatic rings. The summed E-state index contributed by atoms with van der Waals surface area (Å²) in [6, 6.07) is 21.8. The fraction of sp³-hybridized carbons (Fsp3) is 0.310. The van der Waals surface area contributed by atoms with Crippen LogP contribution in [0, 0.1) is 0 Å². The Kier molecular flexibility index (Phi) is 8.49. The van der Waals surface area contributed by atoms with Gasteiger partial charge >= 0.3 is 0 Å². The molecule has 1 saturated carbocycles. The Hall–Kier alpha value is -3.51. The van der Waals surface area contributed by atoms with Crippen molar-refractivity contribution in [2.75, 3.05) is 14.2 Å². The van der Waals surface area contributed by atoms with Crippen LogP contribution in [0.5, 0.6) is 11.5 Å².